The molecule has 1 fully saturated rings. The van der Waals surface area contributed by atoms with Gasteiger partial charge in [0.25, 0.3) is 0 Å². The molecule has 0 saturated carbocycles. The lowest BCUT2D eigenvalue weighted by atomic mass is 10.1. The van der Waals surface area contributed by atoms with Gasteiger partial charge in [-0.2, -0.15) is 0 Å². The SMILES string of the molecule is CC(C)(O)c1cnc(N2CCOCC2)s1. The zero-order valence-corrected chi connectivity index (χ0v) is 9.88. The van der Waals surface area contributed by atoms with Gasteiger partial charge in [-0.1, -0.05) is 11.3 Å². The van der Waals surface area contributed by atoms with Crippen molar-refractivity contribution in [2.45, 2.75) is 19.4 Å². The van der Waals surface area contributed by atoms with Gasteiger partial charge in [0, 0.05) is 19.3 Å². The van der Waals surface area contributed by atoms with Gasteiger partial charge in [-0.15, -0.1) is 0 Å². The van der Waals surface area contributed by atoms with Crippen LogP contribution in [0.3, 0.4) is 0 Å². The molecule has 0 unspecified atom stereocenters. The van der Waals surface area contributed by atoms with Crippen molar-refractivity contribution in [1.29, 1.82) is 0 Å². The second-order valence-electron chi connectivity index (χ2n) is 4.17. The van der Waals surface area contributed by atoms with Crippen LogP contribution in [0, 0.1) is 0 Å². The highest BCUT2D eigenvalue weighted by atomic mass is 32.1. The standard InChI is InChI=1S/C10H16N2O2S/c1-10(2,13)8-7-11-9(15-8)12-3-5-14-6-4-12/h7,13H,3-6H2,1-2H3. The Morgan fingerprint density at radius 1 is 1.47 bits per heavy atom. The Kier molecular flexibility index (Phi) is 2.95. The number of aliphatic hydroxyl groups is 1. The predicted octanol–water partition coefficient (Wildman–Crippen LogP) is 1.21. The van der Waals surface area contributed by atoms with Gasteiger partial charge in [-0.3, -0.25) is 0 Å². The molecule has 0 spiro atoms. The van der Waals surface area contributed by atoms with E-state index in [2.05, 4.69) is 9.88 Å². The zero-order chi connectivity index (χ0) is 10.9. The molecule has 0 radical (unpaired) electrons. The van der Waals surface area contributed by atoms with Crippen LogP contribution in [-0.2, 0) is 10.3 Å². The molecular weight excluding hydrogens is 212 g/mol. The molecule has 1 N–H and O–H groups in total. The van der Waals surface area contributed by atoms with Gasteiger partial charge < -0.3 is 14.7 Å². The molecule has 15 heavy (non-hydrogen) atoms. The van der Waals surface area contributed by atoms with Gasteiger partial charge in [-0.05, 0) is 13.8 Å². The first kappa shape index (κ1) is 10.9. The minimum Gasteiger partial charge on any atom is -0.385 e. The van der Waals surface area contributed by atoms with Crippen molar-refractivity contribution < 1.29 is 9.84 Å². The number of hydrogen-bond donors (Lipinski definition) is 1. The molecule has 0 amide bonds. The molecule has 0 bridgehead atoms. The number of morpholine rings is 1. The van der Waals surface area contributed by atoms with E-state index < -0.39 is 5.60 Å². The largest absolute Gasteiger partial charge is 0.385 e. The van der Waals surface area contributed by atoms with Crippen LogP contribution >= 0.6 is 11.3 Å². The van der Waals surface area contributed by atoms with Crippen molar-refractivity contribution >= 4 is 16.5 Å². The van der Waals surface area contributed by atoms with Crippen molar-refractivity contribution in [3.05, 3.63) is 11.1 Å². The van der Waals surface area contributed by atoms with Gasteiger partial charge in [0.05, 0.1) is 23.7 Å². The summed E-state index contributed by atoms with van der Waals surface area (Å²) >= 11 is 1.56. The van der Waals surface area contributed by atoms with Crippen LogP contribution in [0.25, 0.3) is 0 Å². The van der Waals surface area contributed by atoms with Crippen LogP contribution in [0.1, 0.15) is 18.7 Å². The van der Waals surface area contributed by atoms with Gasteiger partial charge in [-0.25, -0.2) is 4.98 Å². The van der Waals surface area contributed by atoms with Gasteiger partial charge in [0.1, 0.15) is 0 Å². The molecule has 0 aromatic carbocycles. The Morgan fingerprint density at radius 2 is 2.13 bits per heavy atom. The molecule has 2 heterocycles. The molecule has 2 rings (SSSR count). The molecule has 1 saturated heterocycles. The lowest BCUT2D eigenvalue weighted by molar-refractivity contribution is 0.0823. The first-order valence-corrected chi connectivity index (χ1v) is 5.90. The molecule has 5 heteroatoms. The van der Waals surface area contributed by atoms with E-state index in [1.54, 1.807) is 31.4 Å². The quantitative estimate of drug-likeness (QED) is 0.826. The highest BCUT2D eigenvalue weighted by molar-refractivity contribution is 7.15. The topological polar surface area (TPSA) is 45.6 Å². The molecule has 0 aliphatic carbocycles. The van der Waals surface area contributed by atoms with Crippen LogP contribution in [0.5, 0.6) is 0 Å². The van der Waals surface area contributed by atoms with Crippen molar-refractivity contribution in [2.75, 3.05) is 31.2 Å². The summed E-state index contributed by atoms with van der Waals surface area (Å²) in [6, 6.07) is 0. The van der Waals surface area contributed by atoms with Crippen LogP contribution in [0.4, 0.5) is 5.13 Å². The third-order valence-corrected chi connectivity index (χ3v) is 3.75. The number of nitrogens with zero attached hydrogens (tertiary/aromatic N) is 2. The molecule has 1 aliphatic heterocycles. The molecule has 84 valence electrons. The average Bonchev–Trinajstić information content (AvgIpc) is 2.67. The normalized spacial score (nSPS) is 18.2. The smallest absolute Gasteiger partial charge is 0.185 e. The number of thiazole rings is 1. The maximum atomic E-state index is 9.83. The third-order valence-electron chi connectivity index (χ3n) is 2.38. The Balaban J connectivity index is 2.12. The van der Waals surface area contributed by atoms with E-state index >= 15 is 0 Å². The summed E-state index contributed by atoms with van der Waals surface area (Å²) in [5.41, 5.74) is -0.789. The zero-order valence-electron chi connectivity index (χ0n) is 9.06. The second-order valence-corrected chi connectivity index (χ2v) is 5.17. The van der Waals surface area contributed by atoms with E-state index in [0.717, 1.165) is 36.3 Å². The monoisotopic (exact) mass is 228 g/mol. The fourth-order valence-electron chi connectivity index (χ4n) is 1.45. The Morgan fingerprint density at radius 3 is 2.67 bits per heavy atom. The summed E-state index contributed by atoms with van der Waals surface area (Å²) in [6.07, 6.45) is 1.76. The lowest BCUT2D eigenvalue weighted by Crippen LogP contribution is -2.36. The molecular formula is C10H16N2O2S. The number of anilines is 1. The van der Waals surface area contributed by atoms with Crippen molar-refractivity contribution in [1.82, 2.24) is 4.98 Å². The summed E-state index contributed by atoms with van der Waals surface area (Å²) in [4.78, 5) is 7.44. The van der Waals surface area contributed by atoms with E-state index in [4.69, 9.17) is 4.74 Å². The third kappa shape index (κ3) is 2.48. The Bertz CT molecular complexity index is 326. The van der Waals surface area contributed by atoms with Gasteiger partial charge >= 0.3 is 0 Å². The summed E-state index contributed by atoms with van der Waals surface area (Å²) in [5, 5.41) is 10.8. The predicted molar refractivity (Wildman–Crippen MR) is 60.4 cm³/mol. The fraction of sp³-hybridized carbons (Fsp3) is 0.700. The van der Waals surface area contributed by atoms with Gasteiger partial charge in [0.15, 0.2) is 5.13 Å². The molecule has 0 atom stereocenters. The Labute approximate surface area is 93.5 Å². The molecule has 1 aliphatic rings. The highest BCUT2D eigenvalue weighted by Crippen LogP contribution is 2.30. The summed E-state index contributed by atoms with van der Waals surface area (Å²) in [5.74, 6) is 0. The minimum absolute atomic E-state index is 0.761. The van der Waals surface area contributed by atoms with Crippen LogP contribution in [0.2, 0.25) is 0 Å². The number of rotatable bonds is 2. The molecule has 1 aromatic rings. The van der Waals surface area contributed by atoms with Crippen molar-refractivity contribution in [2.24, 2.45) is 0 Å². The summed E-state index contributed by atoms with van der Waals surface area (Å²) < 4.78 is 5.28. The van der Waals surface area contributed by atoms with Crippen molar-refractivity contribution in [3.63, 3.8) is 0 Å². The summed E-state index contributed by atoms with van der Waals surface area (Å²) in [6.45, 7) is 6.86. The first-order valence-electron chi connectivity index (χ1n) is 5.09. The highest BCUT2D eigenvalue weighted by Gasteiger charge is 2.22. The second kappa shape index (κ2) is 4.08. The molecule has 1 aromatic heterocycles. The van der Waals surface area contributed by atoms with E-state index in [9.17, 15) is 5.11 Å². The fourth-order valence-corrected chi connectivity index (χ4v) is 2.42. The van der Waals surface area contributed by atoms with Crippen molar-refractivity contribution in [3.8, 4) is 0 Å². The van der Waals surface area contributed by atoms with E-state index in [-0.39, 0.29) is 0 Å². The van der Waals surface area contributed by atoms with Crippen LogP contribution in [-0.4, -0.2) is 36.4 Å². The van der Waals surface area contributed by atoms with Gasteiger partial charge in [0.2, 0.25) is 0 Å². The van der Waals surface area contributed by atoms with E-state index in [1.165, 1.54) is 0 Å². The van der Waals surface area contributed by atoms with E-state index in [0.29, 0.717) is 0 Å². The van der Waals surface area contributed by atoms with E-state index in [1.807, 2.05) is 0 Å². The van der Waals surface area contributed by atoms with Crippen LogP contribution < -0.4 is 4.90 Å². The average molecular weight is 228 g/mol. The maximum Gasteiger partial charge on any atom is 0.185 e. The lowest BCUT2D eigenvalue weighted by Gasteiger charge is -2.26. The first-order chi connectivity index (χ1) is 7.07. The number of aromatic nitrogens is 1. The summed E-state index contributed by atoms with van der Waals surface area (Å²) in [7, 11) is 0. The Hall–Kier alpha value is -0.650. The minimum atomic E-state index is -0.789. The number of ether oxygens (including phenoxy) is 1. The number of hydrogen-bond acceptors (Lipinski definition) is 5. The maximum absolute atomic E-state index is 9.83. The molecule has 4 nitrogen and oxygen atoms in total. The van der Waals surface area contributed by atoms with Crippen LogP contribution in [0.15, 0.2) is 6.20 Å².